The van der Waals surface area contributed by atoms with Crippen molar-refractivity contribution >= 4 is 23.0 Å². The first-order valence-electron chi connectivity index (χ1n) is 8.09. The van der Waals surface area contributed by atoms with Gasteiger partial charge in [-0.1, -0.05) is 30.3 Å². The van der Waals surface area contributed by atoms with E-state index in [1.54, 1.807) is 23.6 Å². The number of benzene rings is 1. The third-order valence-electron chi connectivity index (χ3n) is 3.66. The van der Waals surface area contributed by atoms with Crippen LogP contribution in [0, 0.1) is 0 Å². The Kier molecular flexibility index (Phi) is 4.84. The normalized spacial score (nSPS) is 11.1. The lowest BCUT2D eigenvalue weighted by Gasteiger charge is -2.03. The molecule has 3 heterocycles. The minimum atomic E-state index is -2.46. The van der Waals surface area contributed by atoms with Crippen molar-refractivity contribution < 1.29 is 8.78 Å². The Labute approximate surface area is 157 Å². The Morgan fingerprint density at radius 1 is 1.07 bits per heavy atom. The van der Waals surface area contributed by atoms with Gasteiger partial charge >= 0.3 is 0 Å². The van der Waals surface area contributed by atoms with Gasteiger partial charge in [-0.2, -0.15) is 5.10 Å². The molecule has 0 radical (unpaired) electrons. The number of rotatable bonds is 6. The monoisotopic (exact) mass is 384 g/mol. The molecule has 3 aromatic heterocycles. The zero-order chi connectivity index (χ0) is 18.6. The number of nitrogens with one attached hydrogen (secondary N) is 1. The van der Waals surface area contributed by atoms with Gasteiger partial charge in [-0.3, -0.25) is 4.68 Å². The van der Waals surface area contributed by atoms with E-state index in [-0.39, 0.29) is 0 Å². The summed E-state index contributed by atoms with van der Waals surface area (Å²) in [7, 11) is 0. The lowest BCUT2D eigenvalue weighted by atomic mass is 10.2. The molecule has 0 unspecified atom stereocenters. The zero-order valence-electron chi connectivity index (χ0n) is 14.0. The molecule has 0 saturated heterocycles. The molecular weight excluding hydrogens is 370 g/mol. The number of thiazole rings is 1. The first-order chi connectivity index (χ1) is 13.2. The summed E-state index contributed by atoms with van der Waals surface area (Å²) in [6.45, 7) is -0.455. The minimum absolute atomic E-state index is 0.346. The maximum absolute atomic E-state index is 12.4. The lowest BCUT2D eigenvalue weighted by Crippen LogP contribution is -2.06. The Morgan fingerprint density at radius 3 is 2.74 bits per heavy atom. The SMILES string of the molecule is FC(F)Cn1cc(Nc2nccc(-c3csc(-c4ccccc4)n3)n2)cn1. The van der Waals surface area contributed by atoms with Crippen molar-refractivity contribution in [2.24, 2.45) is 0 Å². The van der Waals surface area contributed by atoms with Crippen LogP contribution >= 0.6 is 11.3 Å². The number of hydrogen-bond acceptors (Lipinski definition) is 6. The lowest BCUT2D eigenvalue weighted by molar-refractivity contribution is 0.122. The van der Waals surface area contributed by atoms with Crippen LogP contribution in [-0.4, -0.2) is 31.2 Å². The fourth-order valence-electron chi connectivity index (χ4n) is 2.46. The highest BCUT2D eigenvalue weighted by molar-refractivity contribution is 7.13. The van der Waals surface area contributed by atoms with Crippen molar-refractivity contribution in [3.8, 4) is 22.0 Å². The van der Waals surface area contributed by atoms with Gasteiger partial charge < -0.3 is 5.32 Å². The Hall–Kier alpha value is -3.20. The summed E-state index contributed by atoms with van der Waals surface area (Å²) in [5, 5.41) is 9.70. The third kappa shape index (κ3) is 4.14. The fourth-order valence-corrected chi connectivity index (χ4v) is 3.28. The van der Waals surface area contributed by atoms with Crippen LogP contribution in [0.2, 0.25) is 0 Å². The molecule has 1 N–H and O–H groups in total. The molecule has 0 fully saturated rings. The fraction of sp³-hybridized carbons (Fsp3) is 0.111. The van der Waals surface area contributed by atoms with E-state index >= 15 is 0 Å². The minimum Gasteiger partial charge on any atom is -0.321 e. The second-order valence-electron chi connectivity index (χ2n) is 5.64. The van der Waals surface area contributed by atoms with Gasteiger partial charge in [0.05, 0.1) is 17.6 Å². The van der Waals surface area contributed by atoms with Crippen molar-refractivity contribution in [3.05, 3.63) is 60.4 Å². The molecule has 4 aromatic rings. The number of nitrogens with zero attached hydrogens (tertiary/aromatic N) is 5. The van der Waals surface area contributed by atoms with E-state index in [1.807, 2.05) is 35.7 Å². The van der Waals surface area contributed by atoms with Gasteiger partial charge in [0.15, 0.2) is 0 Å². The van der Waals surface area contributed by atoms with Crippen molar-refractivity contribution in [2.75, 3.05) is 5.32 Å². The molecule has 0 saturated carbocycles. The average Bonchev–Trinajstić information content (AvgIpc) is 3.32. The van der Waals surface area contributed by atoms with Gasteiger partial charge in [-0.15, -0.1) is 11.3 Å². The second-order valence-corrected chi connectivity index (χ2v) is 6.49. The molecule has 0 aliphatic carbocycles. The summed E-state index contributed by atoms with van der Waals surface area (Å²) in [5.41, 5.74) is 3.01. The molecule has 9 heteroatoms. The zero-order valence-corrected chi connectivity index (χ0v) is 14.8. The van der Waals surface area contributed by atoms with Gasteiger partial charge in [0.25, 0.3) is 6.43 Å². The van der Waals surface area contributed by atoms with Crippen molar-refractivity contribution in [2.45, 2.75) is 13.0 Å². The number of aromatic nitrogens is 5. The summed E-state index contributed by atoms with van der Waals surface area (Å²) in [5.74, 6) is 0.346. The van der Waals surface area contributed by atoms with Crippen LogP contribution in [0.1, 0.15) is 0 Å². The molecule has 0 aliphatic rings. The summed E-state index contributed by atoms with van der Waals surface area (Å²) in [4.78, 5) is 13.3. The van der Waals surface area contributed by atoms with Gasteiger partial charge in [0.1, 0.15) is 17.2 Å². The predicted octanol–water partition coefficient (Wildman–Crippen LogP) is 4.47. The number of anilines is 2. The molecule has 0 spiro atoms. The van der Waals surface area contributed by atoms with Crippen LogP contribution in [0.5, 0.6) is 0 Å². The van der Waals surface area contributed by atoms with Gasteiger partial charge in [-0.05, 0) is 6.07 Å². The van der Waals surface area contributed by atoms with Gasteiger partial charge in [-0.25, -0.2) is 23.7 Å². The van der Waals surface area contributed by atoms with Crippen LogP contribution in [-0.2, 0) is 6.54 Å². The summed E-state index contributed by atoms with van der Waals surface area (Å²) in [6.07, 6.45) is 2.10. The molecule has 0 amide bonds. The van der Waals surface area contributed by atoms with E-state index in [0.717, 1.165) is 16.3 Å². The molecule has 0 bridgehead atoms. The van der Waals surface area contributed by atoms with E-state index in [4.69, 9.17) is 0 Å². The Morgan fingerprint density at radius 2 is 1.93 bits per heavy atom. The average molecular weight is 384 g/mol. The maximum atomic E-state index is 12.4. The van der Waals surface area contributed by atoms with Crippen LogP contribution in [0.3, 0.4) is 0 Å². The Balaban J connectivity index is 1.53. The number of hydrogen-bond donors (Lipinski definition) is 1. The topological polar surface area (TPSA) is 68.5 Å². The molecular formula is C18H14F2N6S. The summed E-state index contributed by atoms with van der Waals surface area (Å²) < 4.78 is 26.0. The molecule has 0 atom stereocenters. The van der Waals surface area contributed by atoms with Crippen LogP contribution in [0.4, 0.5) is 20.4 Å². The number of halogens is 2. The van der Waals surface area contributed by atoms with Crippen molar-refractivity contribution in [1.82, 2.24) is 24.7 Å². The standard InChI is InChI=1S/C18H14F2N6S/c19-16(20)10-26-9-13(8-22-26)23-18-21-7-6-14(25-18)15-11-27-17(24-15)12-4-2-1-3-5-12/h1-9,11,16H,10H2,(H,21,23,25). The second kappa shape index (κ2) is 7.58. The quantitative estimate of drug-likeness (QED) is 0.531. The first kappa shape index (κ1) is 17.2. The van der Waals surface area contributed by atoms with E-state index in [0.29, 0.717) is 17.3 Å². The van der Waals surface area contributed by atoms with Crippen LogP contribution in [0.15, 0.2) is 60.4 Å². The van der Waals surface area contributed by atoms with E-state index in [2.05, 4.69) is 25.4 Å². The molecule has 4 rings (SSSR count). The predicted molar refractivity (Wildman–Crippen MR) is 100 cm³/mol. The largest absolute Gasteiger partial charge is 0.321 e. The van der Waals surface area contributed by atoms with E-state index in [1.165, 1.54) is 17.1 Å². The third-order valence-corrected chi connectivity index (χ3v) is 4.55. The number of alkyl halides is 2. The maximum Gasteiger partial charge on any atom is 0.257 e. The van der Waals surface area contributed by atoms with Crippen molar-refractivity contribution in [3.63, 3.8) is 0 Å². The molecule has 136 valence electrons. The van der Waals surface area contributed by atoms with Crippen molar-refractivity contribution in [1.29, 1.82) is 0 Å². The van der Waals surface area contributed by atoms with E-state index in [9.17, 15) is 8.78 Å². The van der Waals surface area contributed by atoms with Crippen LogP contribution < -0.4 is 5.32 Å². The molecule has 6 nitrogen and oxygen atoms in total. The summed E-state index contributed by atoms with van der Waals surface area (Å²) in [6, 6.07) is 11.7. The Bertz CT molecular complexity index is 1030. The van der Waals surface area contributed by atoms with Crippen LogP contribution in [0.25, 0.3) is 22.0 Å². The molecule has 1 aromatic carbocycles. The molecule has 0 aliphatic heterocycles. The highest BCUT2D eigenvalue weighted by Gasteiger charge is 2.10. The van der Waals surface area contributed by atoms with Gasteiger partial charge in [0.2, 0.25) is 5.95 Å². The molecule has 27 heavy (non-hydrogen) atoms. The summed E-state index contributed by atoms with van der Waals surface area (Å²) >= 11 is 1.54. The van der Waals surface area contributed by atoms with E-state index < -0.39 is 13.0 Å². The van der Waals surface area contributed by atoms with Gasteiger partial charge in [0, 0.05) is 23.3 Å². The highest BCUT2D eigenvalue weighted by atomic mass is 32.1. The highest BCUT2D eigenvalue weighted by Crippen LogP contribution is 2.28. The first-order valence-corrected chi connectivity index (χ1v) is 8.97. The smallest absolute Gasteiger partial charge is 0.257 e.